The van der Waals surface area contributed by atoms with Crippen molar-refractivity contribution in [2.24, 2.45) is 12.8 Å². The van der Waals surface area contributed by atoms with Gasteiger partial charge in [-0.15, -0.1) is 0 Å². The van der Waals surface area contributed by atoms with E-state index >= 15 is 0 Å². The normalized spacial score (nSPS) is 11.8. The van der Waals surface area contributed by atoms with Crippen LogP contribution in [0, 0.1) is 0 Å². The second-order valence-electron chi connectivity index (χ2n) is 5.09. The maximum Gasteiger partial charge on any atom is 0.349 e. The number of carbonyl (C=O) groups excluding carboxylic acids is 1. The number of alkyl halides is 2. The summed E-state index contributed by atoms with van der Waals surface area (Å²) >= 11 is 0. The molecule has 6 heteroatoms. The van der Waals surface area contributed by atoms with Crippen LogP contribution in [0.15, 0.2) is 48.7 Å². The lowest BCUT2D eigenvalue weighted by Crippen LogP contribution is -2.32. The molecule has 112 valence electrons. The Morgan fingerprint density at radius 2 is 1.77 bits per heavy atom. The van der Waals surface area contributed by atoms with Crippen LogP contribution in [-0.2, 0) is 17.8 Å². The molecule has 1 amide bonds. The molecule has 0 atom stereocenters. The van der Waals surface area contributed by atoms with Gasteiger partial charge < -0.3 is 5.73 Å². The molecule has 1 aromatic heterocycles. The minimum atomic E-state index is -3.66. The molecule has 3 aromatic rings. The molecule has 0 radical (unpaired) electrons. The lowest BCUT2D eigenvalue weighted by molar-refractivity contribution is -0.143. The van der Waals surface area contributed by atoms with Gasteiger partial charge >= 0.3 is 5.92 Å². The van der Waals surface area contributed by atoms with Crippen molar-refractivity contribution in [2.75, 3.05) is 0 Å². The summed E-state index contributed by atoms with van der Waals surface area (Å²) in [5, 5.41) is 5.32. The first-order chi connectivity index (χ1) is 10.4. The van der Waals surface area contributed by atoms with E-state index in [9.17, 15) is 13.6 Å². The van der Waals surface area contributed by atoms with Gasteiger partial charge in [-0.1, -0.05) is 36.4 Å². The highest BCUT2D eigenvalue weighted by molar-refractivity contribution is 5.85. The first-order valence-electron chi connectivity index (χ1n) is 6.60. The minimum Gasteiger partial charge on any atom is -0.364 e. The molecule has 0 bridgehead atoms. The summed E-state index contributed by atoms with van der Waals surface area (Å²) in [6.45, 7) is 0. The number of aryl methyl sites for hydroxylation is 1. The second-order valence-corrected chi connectivity index (χ2v) is 5.09. The highest BCUT2D eigenvalue weighted by atomic mass is 19.3. The van der Waals surface area contributed by atoms with E-state index in [0.29, 0.717) is 0 Å². The van der Waals surface area contributed by atoms with Gasteiger partial charge in [-0.3, -0.25) is 9.48 Å². The Kier molecular flexibility index (Phi) is 3.16. The third-order valence-corrected chi connectivity index (χ3v) is 3.51. The molecular formula is C16H13F2N3O. The molecule has 0 fully saturated rings. The Balaban J connectivity index is 1.99. The molecule has 0 aliphatic heterocycles. The van der Waals surface area contributed by atoms with Crippen molar-refractivity contribution < 1.29 is 13.6 Å². The van der Waals surface area contributed by atoms with Crippen molar-refractivity contribution in [2.45, 2.75) is 5.92 Å². The molecule has 2 N–H and O–H groups in total. The van der Waals surface area contributed by atoms with Crippen LogP contribution in [0.25, 0.3) is 22.0 Å². The smallest absolute Gasteiger partial charge is 0.349 e. The highest BCUT2D eigenvalue weighted by Gasteiger charge is 2.38. The van der Waals surface area contributed by atoms with Crippen LogP contribution >= 0.6 is 0 Å². The van der Waals surface area contributed by atoms with Crippen molar-refractivity contribution in [1.82, 2.24) is 9.78 Å². The van der Waals surface area contributed by atoms with Crippen molar-refractivity contribution in [1.29, 1.82) is 0 Å². The molecule has 0 unspecified atom stereocenters. The first kappa shape index (κ1) is 14.2. The third kappa shape index (κ3) is 2.32. The number of fused-ring (bicyclic) bond motifs is 1. The van der Waals surface area contributed by atoms with E-state index in [1.54, 1.807) is 4.68 Å². The quantitative estimate of drug-likeness (QED) is 0.808. The van der Waals surface area contributed by atoms with Gasteiger partial charge in [-0.05, 0) is 17.2 Å². The van der Waals surface area contributed by atoms with Gasteiger partial charge in [0.2, 0.25) is 0 Å². The number of halogens is 2. The van der Waals surface area contributed by atoms with Crippen molar-refractivity contribution in [3.8, 4) is 11.1 Å². The van der Waals surface area contributed by atoms with E-state index in [2.05, 4.69) is 5.10 Å². The Morgan fingerprint density at radius 3 is 2.41 bits per heavy atom. The zero-order valence-electron chi connectivity index (χ0n) is 11.8. The van der Waals surface area contributed by atoms with Crippen LogP contribution in [0.5, 0.6) is 0 Å². The van der Waals surface area contributed by atoms with E-state index in [1.165, 1.54) is 24.3 Å². The van der Waals surface area contributed by atoms with Gasteiger partial charge in [0, 0.05) is 24.2 Å². The van der Waals surface area contributed by atoms with E-state index in [4.69, 9.17) is 5.73 Å². The van der Waals surface area contributed by atoms with Crippen molar-refractivity contribution >= 4 is 16.8 Å². The zero-order chi connectivity index (χ0) is 15.9. The number of rotatable bonds is 3. The average molecular weight is 301 g/mol. The van der Waals surface area contributed by atoms with Gasteiger partial charge in [0.15, 0.2) is 0 Å². The monoisotopic (exact) mass is 301 g/mol. The van der Waals surface area contributed by atoms with Crippen LogP contribution in [0.1, 0.15) is 5.56 Å². The summed E-state index contributed by atoms with van der Waals surface area (Å²) < 4.78 is 28.8. The molecule has 0 aliphatic carbocycles. The number of primary amides is 1. The Bertz CT molecular complexity index is 853. The molecular weight excluding hydrogens is 288 g/mol. The van der Waals surface area contributed by atoms with Crippen molar-refractivity contribution in [3.05, 3.63) is 54.2 Å². The number of carbonyl (C=O) groups is 1. The van der Waals surface area contributed by atoms with Crippen LogP contribution in [0.4, 0.5) is 8.78 Å². The van der Waals surface area contributed by atoms with Gasteiger partial charge in [-0.25, -0.2) is 0 Å². The summed E-state index contributed by atoms with van der Waals surface area (Å²) in [6, 6.07) is 11.2. The fraction of sp³-hybridized carbons (Fsp3) is 0.125. The third-order valence-electron chi connectivity index (χ3n) is 3.51. The number of nitrogens with zero attached hydrogens (tertiary/aromatic N) is 2. The fourth-order valence-electron chi connectivity index (χ4n) is 2.33. The van der Waals surface area contributed by atoms with Gasteiger partial charge in [0.1, 0.15) is 0 Å². The summed E-state index contributed by atoms with van der Waals surface area (Å²) in [7, 11) is 1.83. The Hall–Kier alpha value is -2.76. The average Bonchev–Trinajstić information content (AvgIpc) is 2.86. The van der Waals surface area contributed by atoms with Crippen LogP contribution < -0.4 is 5.73 Å². The molecule has 4 nitrogen and oxygen atoms in total. The van der Waals surface area contributed by atoms with Gasteiger partial charge in [-0.2, -0.15) is 13.9 Å². The van der Waals surface area contributed by atoms with Gasteiger partial charge in [0.25, 0.3) is 5.91 Å². The lowest BCUT2D eigenvalue weighted by Gasteiger charge is -2.13. The van der Waals surface area contributed by atoms with Crippen LogP contribution in [0.3, 0.4) is 0 Å². The number of nitrogens with two attached hydrogens (primary N) is 1. The van der Waals surface area contributed by atoms with Crippen molar-refractivity contribution in [3.63, 3.8) is 0 Å². The fourth-order valence-corrected chi connectivity index (χ4v) is 2.33. The lowest BCUT2D eigenvalue weighted by atomic mass is 10.0. The number of hydrogen-bond acceptors (Lipinski definition) is 2. The molecule has 22 heavy (non-hydrogen) atoms. The maximum absolute atomic E-state index is 13.5. The summed E-state index contributed by atoms with van der Waals surface area (Å²) in [5.41, 5.74) is 6.75. The molecule has 0 saturated heterocycles. The molecule has 3 rings (SSSR count). The minimum absolute atomic E-state index is 0.414. The molecule has 0 saturated carbocycles. The Labute approximate surface area is 125 Å². The second kappa shape index (κ2) is 4.91. The number of hydrogen-bond donors (Lipinski definition) is 1. The van der Waals surface area contributed by atoms with Gasteiger partial charge in [0.05, 0.1) is 5.52 Å². The summed E-state index contributed by atoms with van der Waals surface area (Å²) in [5.74, 6) is -5.32. The molecule has 1 heterocycles. The van der Waals surface area contributed by atoms with E-state index in [0.717, 1.165) is 22.0 Å². The standard InChI is InChI=1S/C16H13F2N3O/c1-21-9-12-3-2-11(8-14(12)20-21)10-4-6-13(7-5-10)16(17,18)15(19)22/h2-9H,1H3,(H2,19,22). The SMILES string of the molecule is Cn1cc2ccc(-c3ccc(C(F)(F)C(N)=O)cc3)cc2n1. The van der Waals surface area contributed by atoms with Crippen LogP contribution in [-0.4, -0.2) is 15.7 Å². The van der Waals surface area contributed by atoms with E-state index in [1.807, 2.05) is 31.4 Å². The predicted octanol–water partition coefficient (Wildman–Crippen LogP) is 2.82. The highest BCUT2D eigenvalue weighted by Crippen LogP contribution is 2.30. The topological polar surface area (TPSA) is 60.9 Å². The maximum atomic E-state index is 13.5. The number of benzene rings is 2. The molecule has 2 aromatic carbocycles. The first-order valence-corrected chi connectivity index (χ1v) is 6.60. The summed E-state index contributed by atoms with van der Waals surface area (Å²) in [6.07, 6.45) is 1.90. The Morgan fingerprint density at radius 1 is 1.14 bits per heavy atom. The zero-order valence-corrected chi connectivity index (χ0v) is 11.8. The summed E-state index contributed by atoms with van der Waals surface area (Å²) in [4.78, 5) is 10.8. The molecule has 0 aliphatic rings. The van der Waals surface area contributed by atoms with E-state index < -0.39 is 17.4 Å². The van der Waals surface area contributed by atoms with Crippen LogP contribution in [0.2, 0.25) is 0 Å². The number of amides is 1. The van der Waals surface area contributed by atoms with E-state index in [-0.39, 0.29) is 0 Å². The molecule has 0 spiro atoms. The predicted molar refractivity (Wildman–Crippen MR) is 79.2 cm³/mol. The largest absolute Gasteiger partial charge is 0.364 e. The number of aromatic nitrogens is 2.